The van der Waals surface area contributed by atoms with Crippen LogP contribution in [0.5, 0.6) is 5.75 Å². The first-order valence-corrected chi connectivity index (χ1v) is 11.6. The van der Waals surface area contributed by atoms with Crippen molar-refractivity contribution in [2.24, 2.45) is 7.05 Å². The first kappa shape index (κ1) is 24.0. The SMILES string of the molecule is Cn1cc(-c2nc3cc([C@](C)(O)CO)ncc3nc2N2CCC(Oc3ccc(F)cc3F)CC2)cn1. The molecule has 0 unspecified atom stereocenters. The van der Waals surface area contributed by atoms with E-state index in [-0.39, 0.29) is 11.9 Å². The third-order valence-electron chi connectivity index (χ3n) is 6.30. The molecule has 9 nitrogen and oxygen atoms in total. The standard InChI is InChI=1S/C25H26F2N6O3/c1-25(35,14-34)22-10-19-20(12-28-22)31-24(23(30-19)15-11-29-32(2)13-15)33-7-5-17(6-8-33)36-21-4-3-16(26)9-18(21)27/h3-4,9-13,17,34-35H,5-8,14H2,1-2H3/t25-/m1/s1. The maximum absolute atomic E-state index is 14.0. The molecule has 36 heavy (non-hydrogen) atoms. The Morgan fingerprint density at radius 1 is 1.11 bits per heavy atom. The van der Waals surface area contributed by atoms with Crippen LogP contribution in [0.4, 0.5) is 14.6 Å². The van der Waals surface area contributed by atoms with Gasteiger partial charge in [-0.2, -0.15) is 5.10 Å². The highest BCUT2D eigenvalue weighted by atomic mass is 19.1. The molecule has 0 saturated carbocycles. The van der Waals surface area contributed by atoms with Gasteiger partial charge in [0, 0.05) is 50.8 Å². The quantitative estimate of drug-likeness (QED) is 0.419. The number of ether oxygens (including phenoxy) is 1. The molecule has 0 amide bonds. The summed E-state index contributed by atoms with van der Waals surface area (Å²) < 4.78 is 34.7. The molecule has 1 saturated heterocycles. The summed E-state index contributed by atoms with van der Waals surface area (Å²) in [6.07, 6.45) is 6.09. The molecule has 0 aliphatic carbocycles. The lowest BCUT2D eigenvalue weighted by atomic mass is 10.0. The van der Waals surface area contributed by atoms with E-state index in [9.17, 15) is 19.0 Å². The maximum atomic E-state index is 14.0. The van der Waals surface area contributed by atoms with E-state index in [1.54, 1.807) is 16.9 Å². The average Bonchev–Trinajstić information content (AvgIpc) is 3.31. The summed E-state index contributed by atoms with van der Waals surface area (Å²) >= 11 is 0. The molecule has 1 atom stereocenters. The van der Waals surface area contributed by atoms with E-state index in [2.05, 4.69) is 15.0 Å². The van der Waals surface area contributed by atoms with E-state index in [0.717, 1.165) is 11.6 Å². The van der Waals surface area contributed by atoms with Gasteiger partial charge in [0.15, 0.2) is 17.4 Å². The van der Waals surface area contributed by atoms with Gasteiger partial charge < -0.3 is 19.8 Å². The van der Waals surface area contributed by atoms with Gasteiger partial charge in [-0.25, -0.2) is 18.7 Å². The molecule has 0 radical (unpaired) electrons. The van der Waals surface area contributed by atoms with Crippen LogP contribution in [0, 0.1) is 11.6 Å². The number of benzene rings is 1. The zero-order valence-corrected chi connectivity index (χ0v) is 19.9. The van der Waals surface area contributed by atoms with Gasteiger partial charge in [-0.3, -0.25) is 9.67 Å². The van der Waals surface area contributed by atoms with Crippen molar-refractivity contribution in [3.8, 4) is 17.0 Å². The molecule has 0 spiro atoms. The number of piperidine rings is 1. The molecular weight excluding hydrogens is 470 g/mol. The fourth-order valence-corrected chi connectivity index (χ4v) is 4.22. The highest BCUT2D eigenvalue weighted by Crippen LogP contribution is 2.33. The Kier molecular flexibility index (Phi) is 6.27. The van der Waals surface area contributed by atoms with Gasteiger partial charge in [0.1, 0.15) is 28.7 Å². The second-order valence-electron chi connectivity index (χ2n) is 9.17. The number of aliphatic hydroxyl groups is 2. The van der Waals surface area contributed by atoms with Gasteiger partial charge in [-0.05, 0) is 25.1 Å². The Morgan fingerprint density at radius 2 is 1.89 bits per heavy atom. The number of hydrogen-bond donors (Lipinski definition) is 2. The number of fused-ring (bicyclic) bond motifs is 1. The maximum Gasteiger partial charge on any atom is 0.167 e. The molecule has 1 aromatic carbocycles. The Morgan fingerprint density at radius 3 is 2.56 bits per heavy atom. The number of pyridine rings is 1. The highest BCUT2D eigenvalue weighted by molar-refractivity contribution is 5.83. The normalized spacial score (nSPS) is 16.3. The number of aromatic nitrogens is 5. The topological polar surface area (TPSA) is 109 Å². The van der Waals surface area contributed by atoms with Crippen molar-refractivity contribution < 1.29 is 23.7 Å². The minimum absolute atomic E-state index is 0.0389. The molecule has 188 valence electrons. The van der Waals surface area contributed by atoms with Gasteiger partial charge in [-0.15, -0.1) is 0 Å². The molecule has 1 aliphatic rings. The van der Waals surface area contributed by atoms with Crippen molar-refractivity contribution in [3.05, 3.63) is 60.2 Å². The predicted molar refractivity (Wildman–Crippen MR) is 128 cm³/mol. The van der Waals surface area contributed by atoms with E-state index in [1.165, 1.54) is 25.3 Å². The Bertz CT molecular complexity index is 1400. The lowest BCUT2D eigenvalue weighted by molar-refractivity contribution is -0.00573. The van der Waals surface area contributed by atoms with Crippen molar-refractivity contribution in [3.63, 3.8) is 0 Å². The van der Waals surface area contributed by atoms with Crippen molar-refractivity contribution in [1.29, 1.82) is 0 Å². The van der Waals surface area contributed by atoms with E-state index < -0.39 is 23.8 Å². The van der Waals surface area contributed by atoms with Crippen LogP contribution in [0.25, 0.3) is 22.3 Å². The van der Waals surface area contributed by atoms with Crippen molar-refractivity contribution in [2.75, 3.05) is 24.6 Å². The molecule has 4 aromatic rings. The van der Waals surface area contributed by atoms with Crippen molar-refractivity contribution in [1.82, 2.24) is 24.7 Å². The van der Waals surface area contributed by atoms with Gasteiger partial charge in [-0.1, -0.05) is 0 Å². The van der Waals surface area contributed by atoms with Gasteiger partial charge in [0.25, 0.3) is 0 Å². The van der Waals surface area contributed by atoms with Crippen molar-refractivity contribution in [2.45, 2.75) is 31.5 Å². The Hall–Kier alpha value is -3.70. The summed E-state index contributed by atoms with van der Waals surface area (Å²) in [5, 5.41) is 24.2. The minimum Gasteiger partial charge on any atom is -0.487 e. The van der Waals surface area contributed by atoms with E-state index >= 15 is 0 Å². The number of hydrogen-bond acceptors (Lipinski definition) is 8. The summed E-state index contributed by atoms with van der Waals surface area (Å²) in [5.41, 5.74) is 1.27. The van der Waals surface area contributed by atoms with Crippen LogP contribution >= 0.6 is 0 Å². The van der Waals surface area contributed by atoms with Crippen LogP contribution in [0.2, 0.25) is 0 Å². The zero-order chi connectivity index (χ0) is 25.4. The van der Waals surface area contributed by atoms with Crippen LogP contribution in [0.1, 0.15) is 25.5 Å². The fraction of sp³-hybridized carbons (Fsp3) is 0.360. The van der Waals surface area contributed by atoms with Crippen LogP contribution < -0.4 is 9.64 Å². The molecule has 0 bridgehead atoms. The lowest BCUT2D eigenvalue weighted by Gasteiger charge is -2.33. The van der Waals surface area contributed by atoms with E-state index in [4.69, 9.17) is 14.7 Å². The van der Waals surface area contributed by atoms with Crippen LogP contribution in [0.15, 0.2) is 42.9 Å². The predicted octanol–water partition coefficient (Wildman–Crippen LogP) is 2.95. The molecule has 2 N–H and O–H groups in total. The monoisotopic (exact) mass is 496 g/mol. The average molecular weight is 497 g/mol. The Balaban J connectivity index is 1.44. The van der Waals surface area contributed by atoms with E-state index in [0.29, 0.717) is 54.2 Å². The second-order valence-corrected chi connectivity index (χ2v) is 9.17. The highest BCUT2D eigenvalue weighted by Gasteiger charge is 2.28. The fourth-order valence-electron chi connectivity index (χ4n) is 4.22. The minimum atomic E-state index is -1.51. The smallest absolute Gasteiger partial charge is 0.167 e. The summed E-state index contributed by atoms with van der Waals surface area (Å²) in [7, 11) is 1.82. The summed E-state index contributed by atoms with van der Waals surface area (Å²) in [4.78, 5) is 16.1. The first-order valence-electron chi connectivity index (χ1n) is 11.6. The number of rotatable bonds is 6. The third-order valence-corrected chi connectivity index (χ3v) is 6.30. The molecule has 4 heterocycles. The summed E-state index contributed by atoms with van der Waals surface area (Å²) in [6, 6.07) is 4.92. The van der Waals surface area contributed by atoms with E-state index in [1.807, 2.05) is 13.2 Å². The third kappa shape index (κ3) is 4.71. The summed E-state index contributed by atoms with van der Waals surface area (Å²) in [5.74, 6) is -0.666. The molecule has 1 aliphatic heterocycles. The van der Waals surface area contributed by atoms with Gasteiger partial charge in [0.05, 0.1) is 30.2 Å². The first-order chi connectivity index (χ1) is 17.2. The largest absolute Gasteiger partial charge is 0.487 e. The van der Waals surface area contributed by atoms with Crippen LogP contribution in [-0.4, -0.2) is 60.7 Å². The zero-order valence-electron chi connectivity index (χ0n) is 19.9. The Labute approximate surface area is 206 Å². The van der Waals surface area contributed by atoms with Crippen LogP contribution in [-0.2, 0) is 12.6 Å². The number of anilines is 1. The van der Waals surface area contributed by atoms with Gasteiger partial charge >= 0.3 is 0 Å². The van der Waals surface area contributed by atoms with Crippen molar-refractivity contribution >= 4 is 16.9 Å². The number of aryl methyl sites for hydroxylation is 1. The molecule has 5 rings (SSSR count). The van der Waals surface area contributed by atoms with Crippen LogP contribution in [0.3, 0.4) is 0 Å². The molecular formula is C25H26F2N6O3. The number of aliphatic hydroxyl groups excluding tert-OH is 1. The van der Waals surface area contributed by atoms with Gasteiger partial charge in [0.2, 0.25) is 0 Å². The second kappa shape index (κ2) is 9.40. The molecule has 11 heteroatoms. The number of halogens is 2. The summed E-state index contributed by atoms with van der Waals surface area (Å²) in [6.45, 7) is 2.18. The lowest BCUT2D eigenvalue weighted by Crippen LogP contribution is -2.39. The molecule has 3 aromatic heterocycles. The number of nitrogens with zero attached hydrogens (tertiary/aromatic N) is 6. The molecule has 1 fully saturated rings.